The number of rotatable bonds is 7. The van der Waals surface area contributed by atoms with Crippen LogP contribution >= 0.6 is 0 Å². The molecule has 3 aromatic carbocycles. The van der Waals surface area contributed by atoms with Crippen LogP contribution in [0.3, 0.4) is 0 Å². The molecule has 38 heavy (non-hydrogen) atoms. The summed E-state index contributed by atoms with van der Waals surface area (Å²) in [4.78, 5) is 22.9. The summed E-state index contributed by atoms with van der Waals surface area (Å²) in [5, 5.41) is 8.25. The molecule has 2 aromatic heterocycles. The number of benzene rings is 3. The van der Waals surface area contributed by atoms with Crippen molar-refractivity contribution in [3.63, 3.8) is 0 Å². The highest BCUT2D eigenvalue weighted by Gasteiger charge is 2.24. The molecule has 0 bridgehead atoms. The van der Waals surface area contributed by atoms with E-state index in [0.717, 1.165) is 55.9 Å². The molecule has 0 atom stereocenters. The van der Waals surface area contributed by atoms with Crippen LogP contribution in [0.15, 0.2) is 67.1 Å². The Morgan fingerprint density at radius 2 is 1.82 bits per heavy atom. The molecule has 9 nitrogen and oxygen atoms in total. The van der Waals surface area contributed by atoms with Crippen molar-refractivity contribution in [2.45, 2.75) is 13.2 Å². The Bertz CT molecular complexity index is 1680. The quantitative estimate of drug-likeness (QED) is 0.335. The SMILES string of the molecule is COc1cc2ncnc(-c3cn[nH]c3-c3cccc(OCc4ccc5c(c4)CN(C)C5=O)c3)c2cc1OC. The third-order valence-electron chi connectivity index (χ3n) is 6.72. The van der Waals surface area contributed by atoms with Gasteiger partial charge in [-0.1, -0.05) is 18.2 Å². The Hall–Kier alpha value is -4.92. The fraction of sp³-hybridized carbons (Fsp3) is 0.172. The van der Waals surface area contributed by atoms with Gasteiger partial charge in [-0.05, 0) is 41.5 Å². The molecule has 190 valence electrons. The van der Waals surface area contributed by atoms with Crippen molar-refractivity contribution in [2.75, 3.05) is 21.3 Å². The third kappa shape index (κ3) is 4.07. The summed E-state index contributed by atoms with van der Waals surface area (Å²) >= 11 is 0. The molecule has 6 rings (SSSR count). The number of amides is 1. The molecule has 0 aliphatic carbocycles. The molecule has 0 saturated carbocycles. The Morgan fingerprint density at radius 3 is 2.66 bits per heavy atom. The molecular formula is C29H25N5O4. The molecule has 0 unspecified atom stereocenters. The maximum atomic E-state index is 12.2. The fourth-order valence-corrected chi connectivity index (χ4v) is 4.80. The van der Waals surface area contributed by atoms with Crippen LogP contribution in [0.5, 0.6) is 17.2 Å². The van der Waals surface area contributed by atoms with Gasteiger partial charge >= 0.3 is 0 Å². The Balaban J connectivity index is 1.29. The second kappa shape index (κ2) is 9.51. The third-order valence-corrected chi connectivity index (χ3v) is 6.72. The van der Waals surface area contributed by atoms with Crippen molar-refractivity contribution in [1.82, 2.24) is 25.1 Å². The van der Waals surface area contributed by atoms with Gasteiger partial charge in [0, 0.05) is 41.7 Å². The first-order chi connectivity index (χ1) is 18.6. The number of hydrogen-bond acceptors (Lipinski definition) is 7. The van der Waals surface area contributed by atoms with Crippen LogP contribution < -0.4 is 14.2 Å². The molecule has 9 heteroatoms. The number of fused-ring (bicyclic) bond motifs is 2. The second-order valence-electron chi connectivity index (χ2n) is 9.07. The summed E-state index contributed by atoms with van der Waals surface area (Å²) in [7, 11) is 5.01. The summed E-state index contributed by atoms with van der Waals surface area (Å²) < 4.78 is 17.1. The highest BCUT2D eigenvalue weighted by molar-refractivity contribution is 5.98. The normalized spacial score (nSPS) is 12.6. The zero-order valence-electron chi connectivity index (χ0n) is 21.2. The van der Waals surface area contributed by atoms with Gasteiger partial charge in [0.15, 0.2) is 11.5 Å². The first-order valence-corrected chi connectivity index (χ1v) is 12.1. The van der Waals surface area contributed by atoms with Crippen molar-refractivity contribution in [1.29, 1.82) is 0 Å². The van der Waals surface area contributed by atoms with E-state index in [4.69, 9.17) is 14.2 Å². The number of methoxy groups -OCH3 is 2. The number of H-pyrrole nitrogens is 1. The topological polar surface area (TPSA) is 102 Å². The number of hydrogen-bond donors (Lipinski definition) is 1. The molecule has 5 aromatic rings. The van der Waals surface area contributed by atoms with Gasteiger partial charge in [-0.3, -0.25) is 9.89 Å². The smallest absolute Gasteiger partial charge is 0.254 e. The predicted octanol–water partition coefficient (Wildman–Crippen LogP) is 4.87. The number of nitrogens with one attached hydrogen (secondary N) is 1. The standard InChI is InChI=1S/C29H25N5O4/c1-34-14-19-9-17(7-8-21(19)29(34)35)15-38-20-6-4-5-18(10-20)27-23(13-32-33-27)28-22-11-25(36-2)26(37-3)12-24(22)30-16-31-28/h4-13,16H,14-15H2,1-3H3,(H,32,33). The van der Waals surface area contributed by atoms with Gasteiger partial charge < -0.3 is 19.1 Å². The lowest BCUT2D eigenvalue weighted by Crippen LogP contribution is -2.17. The number of nitrogens with zero attached hydrogens (tertiary/aromatic N) is 4. The number of aromatic nitrogens is 4. The van der Waals surface area contributed by atoms with Crippen LogP contribution in [0.4, 0.5) is 0 Å². The second-order valence-corrected chi connectivity index (χ2v) is 9.07. The lowest BCUT2D eigenvalue weighted by atomic mass is 10.0. The van der Waals surface area contributed by atoms with Gasteiger partial charge in [0.1, 0.15) is 18.7 Å². The highest BCUT2D eigenvalue weighted by Crippen LogP contribution is 2.38. The molecule has 0 radical (unpaired) electrons. The van der Waals surface area contributed by atoms with E-state index < -0.39 is 0 Å². The molecule has 0 saturated heterocycles. The average Bonchev–Trinajstić information content (AvgIpc) is 3.55. The zero-order chi connectivity index (χ0) is 26.2. The van der Waals surface area contributed by atoms with E-state index >= 15 is 0 Å². The molecule has 1 N–H and O–H groups in total. The summed E-state index contributed by atoms with van der Waals surface area (Å²) in [5.74, 6) is 1.98. The maximum absolute atomic E-state index is 12.2. The van der Waals surface area contributed by atoms with Crippen molar-refractivity contribution in [3.8, 4) is 39.8 Å². The van der Waals surface area contributed by atoms with Gasteiger partial charge in [0.25, 0.3) is 5.91 Å². The summed E-state index contributed by atoms with van der Waals surface area (Å²) in [6.45, 7) is 1.01. The Labute approximate surface area is 219 Å². The van der Waals surface area contributed by atoms with Crippen molar-refractivity contribution < 1.29 is 19.0 Å². The fourth-order valence-electron chi connectivity index (χ4n) is 4.80. The van der Waals surface area contributed by atoms with E-state index in [0.29, 0.717) is 24.7 Å². The van der Waals surface area contributed by atoms with Crippen molar-refractivity contribution >= 4 is 16.8 Å². The molecule has 0 fully saturated rings. The minimum absolute atomic E-state index is 0.0598. The molecule has 0 spiro atoms. The van der Waals surface area contributed by atoms with Crippen molar-refractivity contribution in [3.05, 3.63) is 83.8 Å². The zero-order valence-corrected chi connectivity index (χ0v) is 21.2. The minimum Gasteiger partial charge on any atom is -0.493 e. The first-order valence-electron chi connectivity index (χ1n) is 12.1. The lowest BCUT2D eigenvalue weighted by Gasteiger charge is -2.12. The maximum Gasteiger partial charge on any atom is 0.254 e. The van der Waals surface area contributed by atoms with Crippen LogP contribution in [-0.2, 0) is 13.2 Å². The Kier molecular flexibility index (Phi) is 5.88. The number of aromatic amines is 1. The van der Waals surface area contributed by atoms with E-state index in [1.54, 1.807) is 25.3 Å². The van der Waals surface area contributed by atoms with Gasteiger partial charge in [-0.25, -0.2) is 9.97 Å². The molecule has 1 aliphatic rings. The number of carbonyl (C=O) groups excluding carboxylic acids is 1. The highest BCUT2D eigenvalue weighted by atomic mass is 16.5. The van der Waals surface area contributed by atoms with Crippen LogP contribution in [0.25, 0.3) is 33.4 Å². The van der Waals surface area contributed by atoms with Gasteiger partial charge in [-0.2, -0.15) is 5.10 Å². The summed E-state index contributed by atoms with van der Waals surface area (Å²) in [5.41, 5.74) is 6.81. The van der Waals surface area contributed by atoms with Gasteiger partial charge in [0.05, 0.1) is 37.3 Å². The minimum atomic E-state index is 0.0598. The lowest BCUT2D eigenvalue weighted by molar-refractivity contribution is 0.0816. The van der Waals surface area contributed by atoms with E-state index in [2.05, 4.69) is 20.2 Å². The molecule has 3 heterocycles. The van der Waals surface area contributed by atoms with Crippen LogP contribution in [0, 0.1) is 0 Å². The van der Waals surface area contributed by atoms with E-state index in [1.807, 2.05) is 61.6 Å². The Morgan fingerprint density at radius 1 is 0.974 bits per heavy atom. The molecule has 1 aliphatic heterocycles. The van der Waals surface area contributed by atoms with Crippen molar-refractivity contribution in [2.24, 2.45) is 0 Å². The van der Waals surface area contributed by atoms with Crippen LogP contribution in [0.1, 0.15) is 21.5 Å². The van der Waals surface area contributed by atoms with E-state index in [1.165, 1.54) is 6.33 Å². The molecular weight excluding hydrogens is 482 g/mol. The van der Waals surface area contributed by atoms with Crippen LogP contribution in [-0.4, -0.2) is 52.2 Å². The van der Waals surface area contributed by atoms with Crippen LogP contribution in [0.2, 0.25) is 0 Å². The number of ether oxygens (including phenoxy) is 3. The average molecular weight is 508 g/mol. The number of carbonyl (C=O) groups is 1. The molecule has 1 amide bonds. The van der Waals surface area contributed by atoms with Gasteiger partial charge in [0.2, 0.25) is 0 Å². The monoisotopic (exact) mass is 507 g/mol. The van der Waals surface area contributed by atoms with E-state index in [-0.39, 0.29) is 5.91 Å². The van der Waals surface area contributed by atoms with E-state index in [9.17, 15) is 4.79 Å². The van der Waals surface area contributed by atoms with Gasteiger partial charge in [-0.15, -0.1) is 0 Å². The summed E-state index contributed by atoms with van der Waals surface area (Å²) in [6, 6.07) is 17.4. The largest absolute Gasteiger partial charge is 0.493 e. The predicted molar refractivity (Wildman–Crippen MR) is 142 cm³/mol. The summed E-state index contributed by atoms with van der Waals surface area (Å²) in [6.07, 6.45) is 3.28. The first kappa shape index (κ1) is 23.5.